The third kappa shape index (κ3) is 4.64. The van der Waals surface area contributed by atoms with E-state index in [0.29, 0.717) is 49.1 Å². The molecule has 0 aliphatic carbocycles. The van der Waals surface area contributed by atoms with Crippen molar-refractivity contribution in [2.45, 2.75) is 13.0 Å². The van der Waals surface area contributed by atoms with Crippen molar-refractivity contribution < 1.29 is 19.0 Å². The number of anilines is 1. The van der Waals surface area contributed by atoms with Gasteiger partial charge in [-0.1, -0.05) is 35.6 Å². The fraction of sp³-hybridized carbons (Fsp3) is 0.179. The number of thiazole rings is 1. The Balaban J connectivity index is 1.68. The minimum absolute atomic E-state index is 0.260. The van der Waals surface area contributed by atoms with E-state index >= 15 is 0 Å². The molecule has 1 amide bonds. The van der Waals surface area contributed by atoms with Crippen LogP contribution in [0.2, 0.25) is 0 Å². The van der Waals surface area contributed by atoms with Crippen molar-refractivity contribution in [3.63, 3.8) is 0 Å². The summed E-state index contributed by atoms with van der Waals surface area (Å²) in [4.78, 5) is 33.5. The largest absolute Gasteiger partial charge is 0.496 e. The van der Waals surface area contributed by atoms with Gasteiger partial charge in [-0.2, -0.15) is 0 Å². The summed E-state index contributed by atoms with van der Waals surface area (Å²) in [5.41, 5.74) is 1.99. The minimum atomic E-state index is -0.614. The molecule has 0 radical (unpaired) electrons. The average Bonchev–Trinajstić information content (AvgIpc) is 3.57. The molecule has 0 saturated heterocycles. The molecule has 8 nitrogen and oxygen atoms in total. The van der Waals surface area contributed by atoms with E-state index in [0.717, 1.165) is 4.88 Å². The van der Waals surface area contributed by atoms with Crippen LogP contribution < -0.4 is 34.4 Å². The maximum Gasteiger partial charge on any atom is 0.271 e. The van der Waals surface area contributed by atoms with Crippen molar-refractivity contribution in [1.29, 1.82) is 0 Å². The number of nitrogens with one attached hydrogen (secondary N) is 1. The van der Waals surface area contributed by atoms with Gasteiger partial charge >= 0.3 is 0 Å². The van der Waals surface area contributed by atoms with Gasteiger partial charge in [0.2, 0.25) is 0 Å². The number of hydrogen-bond acceptors (Lipinski definition) is 8. The number of methoxy groups -OCH3 is 3. The number of fused-ring (bicyclic) bond motifs is 1. The molecule has 38 heavy (non-hydrogen) atoms. The Hall–Kier alpha value is -4.15. The van der Waals surface area contributed by atoms with E-state index in [1.165, 1.54) is 22.7 Å². The lowest BCUT2D eigenvalue weighted by molar-refractivity contribution is -0.113. The first-order valence-corrected chi connectivity index (χ1v) is 13.4. The van der Waals surface area contributed by atoms with Gasteiger partial charge in [-0.15, -0.1) is 11.3 Å². The maximum atomic E-state index is 13.9. The third-order valence-corrected chi connectivity index (χ3v) is 8.05. The Morgan fingerprint density at radius 3 is 2.34 bits per heavy atom. The highest BCUT2D eigenvalue weighted by Gasteiger charge is 2.33. The van der Waals surface area contributed by atoms with Crippen LogP contribution >= 0.6 is 22.7 Å². The summed E-state index contributed by atoms with van der Waals surface area (Å²) in [5, 5.41) is 4.89. The molecule has 1 aliphatic heterocycles. The zero-order valence-electron chi connectivity index (χ0n) is 21.2. The van der Waals surface area contributed by atoms with Crippen LogP contribution in [0, 0.1) is 0 Å². The zero-order valence-corrected chi connectivity index (χ0v) is 22.8. The van der Waals surface area contributed by atoms with Crippen molar-refractivity contribution in [1.82, 2.24) is 4.57 Å². The second-order valence-electron chi connectivity index (χ2n) is 8.36. The number of aromatic nitrogens is 1. The SMILES string of the molecule is COc1cc(OC)c(/C=c2\sc3n(c2=O)[C@@H](c2cccs2)C(C(=O)Nc2ccccc2)=C(C)N=3)c(OC)c1. The van der Waals surface area contributed by atoms with Crippen LogP contribution in [-0.4, -0.2) is 31.8 Å². The molecule has 0 unspecified atom stereocenters. The monoisotopic (exact) mass is 547 g/mol. The highest BCUT2D eigenvalue weighted by atomic mass is 32.1. The Kier molecular flexibility index (Phi) is 7.17. The predicted octanol–water partition coefficient (Wildman–Crippen LogP) is 3.96. The second-order valence-corrected chi connectivity index (χ2v) is 10.4. The molecule has 0 spiro atoms. The first-order chi connectivity index (χ1) is 18.4. The van der Waals surface area contributed by atoms with E-state index in [-0.39, 0.29) is 11.5 Å². The van der Waals surface area contributed by atoms with Gasteiger partial charge in [0, 0.05) is 22.7 Å². The fourth-order valence-corrected chi connectivity index (χ4v) is 6.21. The number of amides is 1. The first kappa shape index (κ1) is 25.5. The normalized spacial score (nSPS) is 15.1. The molecule has 2 aromatic heterocycles. The van der Waals surface area contributed by atoms with Crippen LogP contribution in [-0.2, 0) is 4.79 Å². The molecule has 5 rings (SSSR count). The van der Waals surface area contributed by atoms with Crippen molar-refractivity contribution >= 4 is 40.3 Å². The standard InChI is InChI=1S/C28H25N3O5S2/c1-16-24(26(32)30-17-9-6-5-7-10-17)25(22-11-8-12-37-22)31-27(33)23(38-28(31)29-16)15-19-20(35-3)13-18(34-2)14-21(19)36-4/h5-15,25H,1-4H3,(H,30,32)/b23-15-/t25-/m0/s1. The van der Waals surface area contributed by atoms with Crippen LogP contribution in [0.5, 0.6) is 17.2 Å². The Morgan fingerprint density at radius 1 is 1.03 bits per heavy atom. The van der Waals surface area contributed by atoms with E-state index in [2.05, 4.69) is 10.3 Å². The fourth-order valence-electron chi connectivity index (χ4n) is 4.35. The predicted molar refractivity (Wildman–Crippen MR) is 149 cm³/mol. The van der Waals surface area contributed by atoms with Gasteiger partial charge in [-0.3, -0.25) is 14.2 Å². The smallest absolute Gasteiger partial charge is 0.271 e. The van der Waals surface area contributed by atoms with Gasteiger partial charge in [0.1, 0.15) is 23.3 Å². The molecule has 0 saturated carbocycles. The summed E-state index contributed by atoms with van der Waals surface area (Å²) >= 11 is 2.74. The van der Waals surface area contributed by atoms with Crippen LogP contribution in [0.15, 0.2) is 81.0 Å². The van der Waals surface area contributed by atoms with Crippen molar-refractivity contribution in [3.8, 4) is 17.2 Å². The number of hydrogen-bond donors (Lipinski definition) is 1. The molecule has 4 aromatic rings. The number of nitrogens with zero attached hydrogens (tertiary/aromatic N) is 2. The van der Waals surface area contributed by atoms with Crippen molar-refractivity contribution in [2.75, 3.05) is 26.6 Å². The van der Waals surface area contributed by atoms with E-state index in [1.54, 1.807) is 51.0 Å². The molecular formula is C28H25N3O5S2. The molecule has 1 atom stereocenters. The van der Waals surface area contributed by atoms with Crippen LogP contribution in [0.25, 0.3) is 6.08 Å². The minimum Gasteiger partial charge on any atom is -0.496 e. The summed E-state index contributed by atoms with van der Waals surface area (Å²) in [6, 6.07) is 15.9. The van der Waals surface area contributed by atoms with Crippen molar-refractivity contribution in [3.05, 3.63) is 101 Å². The van der Waals surface area contributed by atoms with Crippen LogP contribution in [0.4, 0.5) is 5.69 Å². The zero-order chi connectivity index (χ0) is 26.8. The molecule has 1 aliphatic rings. The molecule has 3 heterocycles. The molecule has 10 heteroatoms. The lowest BCUT2D eigenvalue weighted by Gasteiger charge is -2.24. The number of ether oxygens (including phenoxy) is 3. The Morgan fingerprint density at radius 2 is 1.74 bits per heavy atom. The van der Waals surface area contributed by atoms with E-state index in [9.17, 15) is 9.59 Å². The Labute approximate surface area is 226 Å². The topological polar surface area (TPSA) is 91.2 Å². The van der Waals surface area contributed by atoms with Gasteiger partial charge in [-0.25, -0.2) is 4.99 Å². The quantitative estimate of drug-likeness (QED) is 0.378. The summed E-state index contributed by atoms with van der Waals surface area (Å²) in [6.45, 7) is 1.80. The number of para-hydroxylation sites is 1. The van der Waals surface area contributed by atoms with Crippen molar-refractivity contribution in [2.24, 2.45) is 4.99 Å². The number of carbonyl (C=O) groups is 1. The van der Waals surface area contributed by atoms with Gasteiger partial charge < -0.3 is 19.5 Å². The van der Waals surface area contributed by atoms with E-state index in [4.69, 9.17) is 14.2 Å². The van der Waals surface area contributed by atoms with Gasteiger partial charge in [0.25, 0.3) is 11.5 Å². The van der Waals surface area contributed by atoms with Crippen LogP contribution in [0.1, 0.15) is 23.4 Å². The molecule has 194 valence electrons. The summed E-state index contributed by atoms with van der Waals surface area (Å²) in [5.74, 6) is 1.27. The number of carbonyl (C=O) groups excluding carboxylic acids is 1. The number of thiophene rings is 1. The number of rotatable bonds is 7. The summed E-state index contributed by atoms with van der Waals surface area (Å²) in [6.07, 6.45) is 1.73. The second kappa shape index (κ2) is 10.7. The average molecular weight is 548 g/mol. The highest BCUT2D eigenvalue weighted by molar-refractivity contribution is 7.10. The van der Waals surface area contributed by atoms with Gasteiger partial charge in [0.15, 0.2) is 4.80 Å². The summed E-state index contributed by atoms with van der Waals surface area (Å²) < 4.78 is 18.5. The number of benzene rings is 2. The number of allylic oxidation sites excluding steroid dienone is 1. The molecular weight excluding hydrogens is 522 g/mol. The molecule has 0 bridgehead atoms. The molecule has 0 fully saturated rings. The molecule has 2 aromatic carbocycles. The van der Waals surface area contributed by atoms with E-state index in [1.807, 2.05) is 47.8 Å². The highest BCUT2D eigenvalue weighted by Crippen LogP contribution is 2.35. The van der Waals surface area contributed by atoms with E-state index < -0.39 is 6.04 Å². The van der Waals surface area contributed by atoms with Gasteiger partial charge in [-0.05, 0) is 36.6 Å². The van der Waals surface area contributed by atoms with Gasteiger partial charge in [0.05, 0.1) is 42.7 Å². The first-order valence-electron chi connectivity index (χ1n) is 11.7. The maximum absolute atomic E-state index is 13.9. The Bertz CT molecular complexity index is 1680. The third-order valence-electron chi connectivity index (χ3n) is 6.14. The van der Waals surface area contributed by atoms with Crippen LogP contribution in [0.3, 0.4) is 0 Å². The molecule has 1 N–H and O–H groups in total. The lowest BCUT2D eigenvalue weighted by Crippen LogP contribution is -2.40. The summed E-state index contributed by atoms with van der Waals surface area (Å²) in [7, 11) is 4.65. The lowest BCUT2D eigenvalue weighted by atomic mass is 10.0.